The highest BCUT2D eigenvalue weighted by Crippen LogP contribution is 2.19. The molecule has 2 unspecified atom stereocenters. The minimum atomic E-state index is -0.665. The lowest BCUT2D eigenvalue weighted by Gasteiger charge is -2.22. The van der Waals surface area contributed by atoms with Gasteiger partial charge in [-0.15, -0.1) is 0 Å². The zero-order valence-corrected chi connectivity index (χ0v) is 53.9. The van der Waals surface area contributed by atoms with Gasteiger partial charge in [-0.25, -0.2) is 0 Å². The molecule has 0 saturated heterocycles. The molecule has 0 saturated carbocycles. The van der Waals surface area contributed by atoms with Gasteiger partial charge < -0.3 is 20.3 Å². The normalized spacial score (nSPS) is 12.5. The Morgan fingerprint density at radius 3 is 0.899 bits per heavy atom. The van der Waals surface area contributed by atoms with Gasteiger partial charge in [0.25, 0.3) is 0 Å². The number of esters is 1. The predicted molar refractivity (Wildman–Crippen MR) is 347 cm³/mol. The summed E-state index contributed by atoms with van der Waals surface area (Å²) in [5.41, 5.74) is 0. The predicted octanol–water partition coefficient (Wildman–Crippen LogP) is 23.5. The van der Waals surface area contributed by atoms with E-state index < -0.39 is 12.1 Å². The first-order chi connectivity index (χ1) is 39.0. The van der Waals surface area contributed by atoms with Gasteiger partial charge in [0.1, 0.15) is 0 Å². The number of carbonyl (C=O) groups is 2. The molecular weight excluding hydrogens is 971 g/mol. The highest BCUT2D eigenvalue weighted by molar-refractivity contribution is 5.76. The van der Waals surface area contributed by atoms with E-state index in [1.807, 2.05) is 0 Å². The molecule has 0 rings (SSSR count). The lowest BCUT2D eigenvalue weighted by Crippen LogP contribution is -2.45. The van der Waals surface area contributed by atoms with Crippen molar-refractivity contribution in [3.63, 3.8) is 0 Å². The second-order valence-corrected chi connectivity index (χ2v) is 25.3. The number of allylic oxidation sites excluding steroid dienone is 2. The zero-order chi connectivity index (χ0) is 57.1. The van der Waals surface area contributed by atoms with Crippen LogP contribution in [0.4, 0.5) is 0 Å². The van der Waals surface area contributed by atoms with Gasteiger partial charge >= 0.3 is 5.97 Å². The first-order valence-electron chi connectivity index (χ1n) is 36.4. The molecule has 6 nitrogen and oxygen atoms in total. The quantitative estimate of drug-likeness (QED) is 0.0320. The minimum Gasteiger partial charge on any atom is -0.466 e. The maximum absolute atomic E-state index is 12.6. The summed E-state index contributed by atoms with van der Waals surface area (Å²) < 4.78 is 5.51. The molecule has 0 aromatic carbocycles. The number of hydrogen-bond acceptors (Lipinski definition) is 5. The van der Waals surface area contributed by atoms with Crippen molar-refractivity contribution in [2.24, 2.45) is 0 Å². The van der Waals surface area contributed by atoms with Crippen molar-refractivity contribution in [1.82, 2.24) is 5.32 Å². The van der Waals surface area contributed by atoms with Gasteiger partial charge in [-0.2, -0.15) is 0 Å². The van der Waals surface area contributed by atoms with E-state index in [4.69, 9.17) is 4.74 Å². The van der Waals surface area contributed by atoms with Crippen molar-refractivity contribution in [3.05, 3.63) is 12.2 Å². The van der Waals surface area contributed by atoms with Gasteiger partial charge in [0.05, 0.1) is 25.4 Å². The average Bonchev–Trinajstić information content (AvgIpc) is 3.45. The Bertz CT molecular complexity index is 1190. The first-order valence-corrected chi connectivity index (χ1v) is 36.4. The van der Waals surface area contributed by atoms with E-state index in [1.54, 1.807) is 0 Å². The molecule has 79 heavy (non-hydrogen) atoms. The van der Waals surface area contributed by atoms with Crippen molar-refractivity contribution < 1.29 is 24.5 Å². The molecule has 2 atom stereocenters. The van der Waals surface area contributed by atoms with Crippen LogP contribution in [-0.2, 0) is 14.3 Å². The number of nitrogens with one attached hydrogen (secondary N) is 1. The van der Waals surface area contributed by atoms with Gasteiger partial charge in [-0.05, 0) is 51.4 Å². The molecule has 0 aliphatic carbocycles. The van der Waals surface area contributed by atoms with E-state index in [2.05, 4.69) is 31.3 Å². The van der Waals surface area contributed by atoms with Crippen LogP contribution in [0.2, 0.25) is 0 Å². The summed E-state index contributed by atoms with van der Waals surface area (Å²) in [6.45, 7) is 4.99. The van der Waals surface area contributed by atoms with Gasteiger partial charge in [0.15, 0.2) is 0 Å². The van der Waals surface area contributed by atoms with E-state index in [0.717, 1.165) is 44.9 Å². The number of aliphatic hydroxyl groups is 2. The van der Waals surface area contributed by atoms with Crippen molar-refractivity contribution in [1.29, 1.82) is 0 Å². The van der Waals surface area contributed by atoms with E-state index >= 15 is 0 Å². The highest BCUT2D eigenvalue weighted by atomic mass is 16.5. The number of hydrogen-bond donors (Lipinski definition) is 3. The van der Waals surface area contributed by atoms with Gasteiger partial charge in [0.2, 0.25) is 5.91 Å². The van der Waals surface area contributed by atoms with Crippen molar-refractivity contribution in [3.8, 4) is 0 Å². The van der Waals surface area contributed by atoms with Gasteiger partial charge in [-0.3, -0.25) is 9.59 Å². The van der Waals surface area contributed by atoms with Gasteiger partial charge in [-0.1, -0.05) is 366 Å². The third-order valence-electron chi connectivity index (χ3n) is 17.3. The standard InChI is InChI=1S/C73H143NO5/c1-3-5-7-9-11-13-15-17-19-21-23-26-30-33-37-41-45-49-53-57-61-65-71(76)70(69-75)74-72(77)66-62-58-54-50-46-42-38-34-31-27-24-25-28-32-36-40-44-48-52-56-60-64-68-79-73(78)67-63-59-55-51-47-43-39-35-29-22-20-18-16-14-12-10-8-6-4-2/h18,20,70-71,75-76H,3-17,19,21-69H2,1-2H3,(H,74,77)/b20-18-. The average molecular weight is 1110 g/mol. The Kier molecular flexibility index (Phi) is 67.9. The van der Waals surface area contributed by atoms with Crippen molar-refractivity contribution in [2.75, 3.05) is 13.2 Å². The Morgan fingerprint density at radius 2 is 0.595 bits per heavy atom. The number of carbonyl (C=O) groups excluding carboxylic acids is 2. The van der Waals surface area contributed by atoms with Crippen LogP contribution in [0.5, 0.6) is 0 Å². The van der Waals surface area contributed by atoms with Crippen LogP contribution in [0.1, 0.15) is 418 Å². The molecule has 0 bridgehead atoms. The van der Waals surface area contributed by atoms with Crippen LogP contribution < -0.4 is 5.32 Å². The Balaban J connectivity index is 3.36. The van der Waals surface area contributed by atoms with Crippen LogP contribution in [0.15, 0.2) is 12.2 Å². The molecule has 0 fully saturated rings. The largest absolute Gasteiger partial charge is 0.466 e. The zero-order valence-electron chi connectivity index (χ0n) is 53.9. The number of rotatable bonds is 69. The molecule has 0 aromatic heterocycles. The third-order valence-corrected chi connectivity index (χ3v) is 17.3. The Hall–Kier alpha value is -1.40. The smallest absolute Gasteiger partial charge is 0.305 e. The summed E-state index contributed by atoms with van der Waals surface area (Å²) in [4.78, 5) is 24.7. The molecule has 0 spiro atoms. The molecule has 0 radical (unpaired) electrons. The first kappa shape index (κ1) is 77.6. The topological polar surface area (TPSA) is 95.9 Å². The molecule has 470 valence electrons. The summed E-state index contributed by atoms with van der Waals surface area (Å²) >= 11 is 0. The lowest BCUT2D eigenvalue weighted by molar-refractivity contribution is -0.143. The number of amides is 1. The monoisotopic (exact) mass is 1110 g/mol. The second-order valence-electron chi connectivity index (χ2n) is 25.3. The molecular formula is C73H143NO5. The minimum absolute atomic E-state index is 0.0143. The second kappa shape index (κ2) is 69.1. The summed E-state index contributed by atoms with van der Waals surface area (Å²) in [6, 6.07) is -0.542. The van der Waals surface area contributed by atoms with E-state index in [9.17, 15) is 19.8 Å². The fourth-order valence-corrected chi connectivity index (χ4v) is 11.8. The molecule has 6 heteroatoms. The number of unbranched alkanes of at least 4 members (excludes halogenated alkanes) is 56. The van der Waals surface area contributed by atoms with Crippen LogP contribution in [0, 0.1) is 0 Å². The Morgan fingerprint density at radius 1 is 0.342 bits per heavy atom. The lowest BCUT2D eigenvalue weighted by atomic mass is 10.0. The van der Waals surface area contributed by atoms with Crippen LogP contribution in [0.25, 0.3) is 0 Å². The van der Waals surface area contributed by atoms with Crippen LogP contribution >= 0.6 is 0 Å². The molecule has 0 heterocycles. The Labute approximate surface area is 495 Å². The highest BCUT2D eigenvalue weighted by Gasteiger charge is 2.20. The van der Waals surface area contributed by atoms with E-state index in [1.165, 1.54) is 340 Å². The van der Waals surface area contributed by atoms with E-state index in [0.29, 0.717) is 25.9 Å². The fourth-order valence-electron chi connectivity index (χ4n) is 11.8. The maximum atomic E-state index is 12.6. The fraction of sp³-hybridized carbons (Fsp3) is 0.945. The molecule has 0 aromatic rings. The maximum Gasteiger partial charge on any atom is 0.305 e. The SMILES string of the molecule is CCCCCCCC/C=C\CCCCCCCCCCCC(=O)OCCCCCCCCCCCCCCCCCCCCCCCCC(=O)NC(CO)C(O)CCCCCCCCCCCCCCCCCCCCCCC. The van der Waals surface area contributed by atoms with Crippen LogP contribution in [-0.4, -0.2) is 47.4 Å². The summed E-state index contributed by atoms with van der Waals surface area (Å²) in [5, 5.41) is 23.4. The van der Waals surface area contributed by atoms with Crippen molar-refractivity contribution >= 4 is 11.9 Å². The summed E-state index contributed by atoms with van der Waals surface area (Å²) in [6.07, 6.45) is 85.5. The number of ether oxygens (including phenoxy) is 1. The molecule has 3 N–H and O–H groups in total. The summed E-state index contributed by atoms with van der Waals surface area (Å²) in [5.74, 6) is -0.0157. The molecule has 1 amide bonds. The number of aliphatic hydroxyl groups excluding tert-OH is 2. The molecule has 0 aliphatic rings. The van der Waals surface area contributed by atoms with Crippen molar-refractivity contribution in [2.45, 2.75) is 431 Å². The van der Waals surface area contributed by atoms with E-state index in [-0.39, 0.29) is 18.5 Å². The third kappa shape index (κ3) is 65.6. The molecule has 0 aliphatic heterocycles. The van der Waals surface area contributed by atoms with Crippen LogP contribution in [0.3, 0.4) is 0 Å². The van der Waals surface area contributed by atoms with Gasteiger partial charge in [0, 0.05) is 12.8 Å². The summed E-state index contributed by atoms with van der Waals surface area (Å²) in [7, 11) is 0.